The third kappa shape index (κ3) is 49.7. The molecule has 24 heavy (non-hydrogen) atoms. The Morgan fingerprint density at radius 1 is 0.542 bits per heavy atom. The van der Waals surface area contributed by atoms with E-state index < -0.39 is 0 Å². The molecule has 0 aromatic rings. The number of unbranched alkanes of at least 4 members (excludes halogenated alkanes) is 6. The molecule has 0 rings (SSSR count). The van der Waals surface area contributed by atoms with E-state index in [0.29, 0.717) is 0 Å². The summed E-state index contributed by atoms with van der Waals surface area (Å²) in [4.78, 5) is 0. The molecule has 0 atom stereocenters. The van der Waals surface area contributed by atoms with E-state index in [1.54, 1.807) is 0 Å². The second-order valence-corrected chi connectivity index (χ2v) is 5.70. The normalized spacial score (nSPS) is 9.50. The zero-order valence-corrected chi connectivity index (χ0v) is 16.6. The zero-order chi connectivity index (χ0) is 18.9. The number of nitrogens with two attached hydrogens (primary N) is 2. The Kier molecular flexibility index (Phi) is 35.0. The maximum absolute atomic E-state index is 6.06. The molecular weight excluding hydrogens is 302 g/mol. The average molecular weight is 348 g/mol. The quantitative estimate of drug-likeness (QED) is 0.142. The van der Waals surface area contributed by atoms with Crippen molar-refractivity contribution < 1.29 is 0 Å². The number of hydrogen-bond acceptors (Lipinski definition) is 5. The molecule has 7 nitrogen and oxygen atoms in total. The summed E-state index contributed by atoms with van der Waals surface area (Å²) in [7, 11) is 8.03. The minimum atomic E-state index is -0.333. The molecule has 0 spiro atoms. The molecule has 0 bridgehead atoms. The van der Waals surface area contributed by atoms with Crippen molar-refractivity contribution >= 4 is 5.96 Å². The Balaban J connectivity index is -0.000000301. The lowest BCUT2D eigenvalue weighted by Gasteiger charge is -1.99. The highest BCUT2D eigenvalue weighted by molar-refractivity contribution is 5.71. The second-order valence-electron chi connectivity index (χ2n) is 5.70. The average Bonchev–Trinajstić information content (AvgIpc) is 2.54. The Hall–Kier alpha value is -0.890. The van der Waals surface area contributed by atoms with Gasteiger partial charge in [-0.2, -0.15) is 0 Å². The molecule has 0 fully saturated rings. The second kappa shape index (κ2) is 30.0. The number of rotatable bonds is 14. The SMILES string of the molecule is CNCCCCCCNC.CNCCCCCCNC.N=C(N)N. The lowest BCUT2D eigenvalue weighted by molar-refractivity contribution is 0.600. The van der Waals surface area contributed by atoms with Crippen LogP contribution < -0.4 is 32.7 Å². The lowest BCUT2D eigenvalue weighted by atomic mass is 10.2. The number of hydrogen-bond donors (Lipinski definition) is 7. The molecule has 0 aromatic carbocycles. The Labute approximate surface area is 150 Å². The highest BCUT2D eigenvalue weighted by Gasteiger charge is 1.87. The Morgan fingerprint density at radius 3 is 0.833 bits per heavy atom. The van der Waals surface area contributed by atoms with Gasteiger partial charge in [-0.25, -0.2) is 0 Å². The van der Waals surface area contributed by atoms with Crippen molar-refractivity contribution in [1.29, 1.82) is 5.41 Å². The van der Waals surface area contributed by atoms with Crippen LogP contribution in [0.25, 0.3) is 0 Å². The smallest absolute Gasteiger partial charge is 0.183 e. The van der Waals surface area contributed by atoms with Crippen LogP contribution in [0.1, 0.15) is 51.4 Å². The summed E-state index contributed by atoms with van der Waals surface area (Å²) >= 11 is 0. The summed E-state index contributed by atoms with van der Waals surface area (Å²) in [6.45, 7) is 4.66. The van der Waals surface area contributed by atoms with Gasteiger partial charge in [0.05, 0.1) is 0 Å². The van der Waals surface area contributed by atoms with E-state index >= 15 is 0 Å². The predicted molar refractivity (Wildman–Crippen MR) is 109 cm³/mol. The van der Waals surface area contributed by atoms with Gasteiger partial charge in [-0.3, -0.25) is 5.41 Å². The molecule has 0 heterocycles. The van der Waals surface area contributed by atoms with Gasteiger partial charge in [-0.05, 0) is 80.1 Å². The van der Waals surface area contributed by atoms with E-state index in [1.807, 2.05) is 28.2 Å². The van der Waals surface area contributed by atoms with Crippen LogP contribution in [0.2, 0.25) is 0 Å². The number of guanidine groups is 1. The van der Waals surface area contributed by atoms with Crippen LogP contribution >= 0.6 is 0 Å². The molecule has 0 amide bonds. The maximum atomic E-state index is 6.06. The summed E-state index contributed by atoms with van der Waals surface area (Å²) in [5.74, 6) is -0.333. The first-order valence-electron chi connectivity index (χ1n) is 9.24. The van der Waals surface area contributed by atoms with Gasteiger partial charge in [-0.1, -0.05) is 25.7 Å². The monoisotopic (exact) mass is 347 g/mol. The molecule has 0 saturated heterocycles. The van der Waals surface area contributed by atoms with Crippen molar-refractivity contribution in [3.8, 4) is 0 Å². The van der Waals surface area contributed by atoms with E-state index in [4.69, 9.17) is 5.41 Å². The molecule has 9 N–H and O–H groups in total. The van der Waals surface area contributed by atoms with E-state index in [0.717, 1.165) is 0 Å². The van der Waals surface area contributed by atoms with Gasteiger partial charge in [0.15, 0.2) is 5.96 Å². The first kappa shape index (κ1) is 27.9. The molecule has 0 aliphatic carbocycles. The fraction of sp³-hybridized carbons (Fsp3) is 0.941. The summed E-state index contributed by atoms with van der Waals surface area (Å²) in [5.41, 5.74) is 8.94. The molecule has 0 aliphatic heterocycles. The van der Waals surface area contributed by atoms with E-state index in [9.17, 15) is 0 Å². The highest BCUT2D eigenvalue weighted by Crippen LogP contribution is 1.97. The molecular formula is C17H45N7. The minimum absolute atomic E-state index is 0.333. The molecule has 0 radical (unpaired) electrons. The van der Waals surface area contributed by atoms with Crippen molar-refractivity contribution in [2.24, 2.45) is 11.5 Å². The van der Waals surface area contributed by atoms with Crippen LogP contribution in [0.5, 0.6) is 0 Å². The fourth-order valence-corrected chi connectivity index (χ4v) is 1.91. The largest absolute Gasteiger partial charge is 0.370 e. The minimum Gasteiger partial charge on any atom is -0.370 e. The van der Waals surface area contributed by atoms with Crippen LogP contribution in [0, 0.1) is 5.41 Å². The van der Waals surface area contributed by atoms with Crippen LogP contribution in [0.3, 0.4) is 0 Å². The predicted octanol–water partition coefficient (Wildman–Crippen LogP) is 0.810. The first-order valence-corrected chi connectivity index (χ1v) is 9.24. The van der Waals surface area contributed by atoms with Crippen LogP contribution in [-0.2, 0) is 0 Å². The molecule has 0 saturated carbocycles. The zero-order valence-electron chi connectivity index (χ0n) is 16.6. The van der Waals surface area contributed by atoms with Gasteiger partial charge >= 0.3 is 0 Å². The molecule has 0 aliphatic rings. The van der Waals surface area contributed by atoms with Crippen LogP contribution in [0.15, 0.2) is 0 Å². The van der Waals surface area contributed by atoms with E-state index in [-0.39, 0.29) is 5.96 Å². The van der Waals surface area contributed by atoms with Gasteiger partial charge < -0.3 is 32.7 Å². The van der Waals surface area contributed by atoms with Gasteiger partial charge in [-0.15, -0.1) is 0 Å². The third-order valence-corrected chi connectivity index (χ3v) is 3.21. The van der Waals surface area contributed by atoms with Gasteiger partial charge in [0, 0.05) is 0 Å². The molecule has 148 valence electrons. The summed E-state index contributed by atoms with van der Waals surface area (Å²) < 4.78 is 0. The summed E-state index contributed by atoms with van der Waals surface area (Å²) in [6, 6.07) is 0. The van der Waals surface area contributed by atoms with Crippen LogP contribution in [-0.4, -0.2) is 60.3 Å². The van der Waals surface area contributed by atoms with Gasteiger partial charge in [0.1, 0.15) is 0 Å². The van der Waals surface area contributed by atoms with Crippen LogP contribution in [0.4, 0.5) is 0 Å². The van der Waals surface area contributed by atoms with Crippen molar-refractivity contribution in [1.82, 2.24) is 21.3 Å². The topological polar surface area (TPSA) is 124 Å². The standard InChI is InChI=1S/2C8H20N2.CH5N3/c2*1-9-7-5-3-4-6-8-10-2;2-1(3)4/h2*9-10H,3-8H2,1-2H3;(H5,2,3,4). The fourth-order valence-electron chi connectivity index (χ4n) is 1.91. The summed E-state index contributed by atoms with van der Waals surface area (Å²) in [5, 5.41) is 18.6. The number of nitrogens with one attached hydrogen (secondary N) is 5. The van der Waals surface area contributed by atoms with Gasteiger partial charge in [0.2, 0.25) is 0 Å². The maximum Gasteiger partial charge on any atom is 0.183 e. The summed E-state index contributed by atoms with van der Waals surface area (Å²) in [6.07, 6.45) is 10.7. The van der Waals surface area contributed by atoms with Crippen molar-refractivity contribution in [2.45, 2.75) is 51.4 Å². The first-order chi connectivity index (χ1) is 11.6. The third-order valence-electron chi connectivity index (χ3n) is 3.21. The molecule has 0 aromatic heterocycles. The van der Waals surface area contributed by atoms with E-state index in [1.165, 1.54) is 77.5 Å². The Morgan fingerprint density at radius 2 is 0.708 bits per heavy atom. The van der Waals surface area contributed by atoms with Crippen molar-refractivity contribution in [3.63, 3.8) is 0 Å². The molecule has 0 unspecified atom stereocenters. The molecule has 7 heteroatoms. The van der Waals surface area contributed by atoms with E-state index in [2.05, 4.69) is 32.7 Å². The lowest BCUT2D eigenvalue weighted by Crippen LogP contribution is -2.20. The van der Waals surface area contributed by atoms with Gasteiger partial charge in [0.25, 0.3) is 0 Å². The van der Waals surface area contributed by atoms with Crippen molar-refractivity contribution in [2.75, 3.05) is 54.4 Å². The Bertz CT molecular complexity index is 177. The highest BCUT2D eigenvalue weighted by atomic mass is 14.9. The van der Waals surface area contributed by atoms with Crippen molar-refractivity contribution in [3.05, 3.63) is 0 Å².